The van der Waals surface area contributed by atoms with Gasteiger partial charge in [-0.15, -0.1) is 0 Å². The van der Waals surface area contributed by atoms with Gasteiger partial charge in [0.2, 0.25) is 5.95 Å². The minimum absolute atomic E-state index is 0.129. The molecule has 0 saturated carbocycles. The Bertz CT molecular complexity index is 780. The van der Waals surface area contributed by atoms with E-state index in [4.69, 9.17) is 5.11 Å². The zero-order valence-electron chi connectivity index (χ0n) is 12.8. The summed E-state index contributed by atoms with van der Waals surface area (Å²) in [7, 11) is 0. The number of piperidine rings is 1. The van der Waals surface area contributed by atoms with Crippen LogP contribution in [0.5, 0.6) is 0 Å². The SMILES string of the molecule is O=C(O)c1ccnc(-c2ccnc(N3CCC[C@H](C(=O)O)C3)n2)c1. The Kier molecular flexibility index (Phi) is 4.37. The van der Waals surface area contributed by atoms with Crippen LogP contribution in [0.1, 0.15) is 23.2 Å². The molecular formula is C16H16N4O4. The zero-order valence-corrected chi connectivity index (χ0v) is 12.8. The molecule has 1 atom stereocenters. The molecule has 24 heavy (non-hydrogen) atoms. The number of pyridine rings is 1. The highest BCUT2D eigenvalue weighted by molar-refractivity contribution is 5.88. The van der Waals surface area contributed by atoms with Crippen LogP contribution in [0.25, 0.3) is 11.4 Å². The monoisotopic (exact) mass is 328 g/mol. The second kappa shape index (κ2) is 6.61. The molecule has 3 rings (SSSR count). The first-order valence-corrected chi connectivity index (χ1v) is 7.55. The molecule has 1 fully saturated rings. The Morgan fingerprint density at radius 1 is 1.12 bits per heavy atom. The van der Waals surface area contributed by atoms with Crippen LogP contribution < -0.4 is 4.90 Å². The van der Waals surface area contributed by atoms with Crippen molar-refractivity contribution in [2.75, 3.05) is 18.0 Å². The first kappa shape index (κ1) is 15.9. The Balaban J connectivity index is 1.88. The summed E-state index contributed by atoms with van der Waals surface area (Å²) < 4.78 is 0. The van der Waals surface area contributed by atoms with E-state index in [9.17, 15) is 14.7 Å². The number of aromatic carboxylic acids is 1. The fraction of sp³-hybridized carbons (Fsp3) is 0.312. The van der Waals surface area contributed by atoms with Crippen molar-refractivity contribution in [2.45, 2.75) is 12.8 Å². The summed E-state index contributed by atoms with van der Waals surface area (Å²) in [6.07, 6.45) is 4.39. The molecule has 8 nitrogen and oxygen atoms in total. The zero-order chi connectivity index (χ0) is 17.1. The molecule has 0 aliphatic carbocycles. The van der Waals surface area contributed by atoms with Crippen LogP contribution >= 0.6 is 0 Å². The van der Waals surface area contributed by atoms with Gasteiger partial charge >= 0.3 is 11.9 Å². The van der Waals surface area contributed by atoms with Gasteiger partial charge in [-0.1, -0.05) is 0 Å². The topological polar surface area (TPSA) is 117 Å². The van der Waals surface area contributed by atoms with E-state index in [-0.39, 0.29) is 5.56 Å². The van der Waals surface area contributed by atoms with Gasteiger partial charge in [0.25, 0.3) is 0 Å². The summed E-state index contributed by atoms with van der Waals surface area (Å²) in [6, 6.07) is 4.51. The highest BCUT2D eigenvalue weighted by atomic mass is 16.4. The van der Waals surface area contributed by atoms with Crippen LogP contribution in [-0.4, -0.2) is 50.2 Å². The van der Waals surface area contributed by atoms with E-state index < -0.39 is 17.9 Å². The van der Waals surface area contributed by atoms with Crippen molar-refractivity contribution in [3.05, 3.63) is 36.2 Å². The Morgan fingerprint density at radius 3 is 2.67 bits per heavy atom. The molecule has 1 saturated heterocycles. The summed E-state index contributed by atoms with van der Waals surface area (Å²) in [5, 5.41) is 18.3. The van der Waals surface area contributed by atoms with Crippen molar-refractivity contribution in [1.29, 1.82) is 0 Å². The lowest BCUT2D eigenvalue weighted by atomic mass is 9.99. The Labute approximate surface area is 137 Å². The molecule has 2 aromatic heterocycles. The molecule has 1 aliphatic heterocycles. The van der Waals surface area contributed by atoms with Gasteiger partial charge in [0, 0.05) is 25.5 Å². The van der Waals surface area contributed by atoms with E-state index in [0.717, 1.165) is 6.42 Å². The summed E-state index contributed by atoms with van der Waals surface area (Å²) in [6.45, 7) is 1.05. The maximum absolute atomic E-state index is 11.2. The molecule has 0 spiro atoms. The number of aromatic nitrogens is 3. The standard InChI is InChI=1S/C16H16N4O4/c21-14(22)10-3-5-17-13(8-10)12-4-6-18-16(19-12)20-7-1-2-11(9-20)15(23)24/h3-6,8,11H,1-2,7,9H2,(H,21,22)(H,23,24)/t11-/m0/s1. The molecule has 0 unspecified atom stereocenters. The predicted molar refractivity (Wildman–Crippen MR) is 84.8 cm³/mol. The minimum atomic E-state index is -1.03. The van der Waals surface area contributed by atoms with Gasteiger partial charge in [0.1, 0.15) is 0 Å². The Hall–Kier alpha value is -3.03. The summed E-state index contributed by atoms with van der Waals surface area (Å²) >= 11 is 0. The van der Waals surface area contributed by atoms with E-state index in [2.05, 4.69) is 15.0 Å². The van der Waals surface area contributed by atoms with Crippen molar-refractivity contribution in [2.24, 2.45) is 5.92 Å². The van der Waals surface area contributed by atoms with E-state index >= 15 is 0 Å². The normalized spacial score (nSPS) is 17.5. The first-order chi connectivity index (χ1) is 11.5. The smallest absolute Gasteiger partial charge is 0.335 e. The average Bonchev–Trinajstić information content (AvgIpc) is 2.62. The van der Waals surface area contributed by atoms with Crippen LogP contribution in [0.4, 0.5) is 5.95 Å². The Morgan fingerprint density at radius 2 is 1.92 bits per heavy atom. The number of anilines is 1. The fourth-order valence-electron chi connectivity index (χ4n) is 2.71. The number of carboxylic acid groups (broad SMARTS) is 2. The van der Waals surface area contributed by atoms with Gasteiger partial charge in [0.05, 0.1) is 22.9 Å². The highest BCUT2D eigenvalue weighted by Gasteiger charge is 2.26. The van der Waals surface area contributed by atoms with Crippen LogP contribution in [0, 0.1) is 5.92 Å². The van der Waals surface area contributed by atoms with Crippen LogP contribution in [0.15, 0.2) is 30.6 Å². The van der Waals surface area contributed by atoms with E-state index in [1.165, 1.54) is 18.3 Å². The summed E-state index contributed by atoms with van der Waals surface area (Å²) in [4.78, 5) is 36.9. The van der Waals surface area contributed by atoms with E-state index in [0.29, 0.717) is 36.8 Å². The average molecular weight is 328 g/mol. The molecule has 0 aromatic carbocycles. The number of carbonyl (C=O) groups is 2. The molecule has 2 aromatic rings. The third kappa shape index (κ3) is 3.32. The molecule has 1 aliphatic rings. The largest absolute Gasteiger partial charge is 0.481 e. The number of nitrogens with zero attached hydrogens (tertiary/aromatic N) is 4. The predicted octanol–water partition coefficient (Wildman–Crippen LogP) is 1.54. The number of hydrogen-bond acceptors (Lipinski definition) is 6. The number of rotatable bonds is 4. The van der Waals surface area contributed by atoms with Crippen LogP contribution in [0.3, 0.4) is 0 Å². The third-order valence-corrected chi connectivity index (χ3v) is 3.97. The summed E-state index contributed by atoms with van der Waals surface area (Å²) in [5.74, 6) is -1.85. The van der Waals surface area contributed by atoms with Crippen LogP contribution in [0.2, 0.25) is 0 Å². The van der Waals surface area contributed by atoms with Crippen molar-refractivity contribution in [3.8, 4) is 11.4 Å². The van der Waals surface area contributed by atoms with E-state index in [1.54, 1.807) is 12.3 Å². The fourth-order valence-corrected chi connectivity index (χ4v) is 2.71. The minimum Gasteiger partial charge on any atom is -0.481 e. The third-order valence-electron chi connectivity index (χ3n) is 3.97. The summed E-state index contributed by atoms with van der Waals surface area (Å²) in [5.41, 5.74) is 1.06. The molecule has 0 radical (unpaired) electrons. The second-order valence-electron chi connectivity index (χ2n) is 5.60. The van der Waals surface area contributed by atoms with E-state index in [1.807, 2.05) is 4.90 Å². The maximum atomic E-state index is 11.2. The lowest BCUT2D eigenvalue weighted by molar-refractivity contribution is -0.141. The number of hydrogen-bond donors (Lipinski definition) is 2. The van der Waals surface area contributed by atoms with Crippen molar-refractivity contribution in [3.63, 3.8) is 0 Å². The van der Waals surface area contributed by atoms with Gasteiger partial charge in [-0.2, -0.15) is 0 Å². The molecule has 3 heterocycles. The van der Waals surface area contributed by atoms with Gasteiger partial charge in [-0.3, -0.25) is 9.78 Å². The molecule has 124 valence electrons. The van der Waals surface area contributed by atoms with Gasteiger partial charge in [0.15, 0.2) is 0 Å². The molecule has 0 bridgehead atoms. The van der Waals surface area contributed by atoms with Gasteiger partial charge in [-0.25, -0.2) is 14.8 Å². The lowest BCUT2D eigenvalue weighted by Gasteiger charge is -2.30. The number of aliphatic carboxylic acids is 1. The van der Waals surface area contributed by atoms with Crippen molar-refractivity contribution in [1.82, 2.24) is 15.0 Å². The van der Waals surface area contributed by atoms with Crippen molar-refractivity contribution < 1.29 is 19.8 Å². The molecular weight excluding hydrogens is 312 g/mol. The molecule has 0 amide bonds. The van der Waals surface area contributed by atoms with Crippen molar-refractivity contribution >= 4 is 17.9 Å². The molecule has 8 heteroatoms. The second-order valence-corrected chi connectivity index (χ2v) is 5.60. The van der Waals surface area contributed by atoms with Gasteiger partial charge in [-0.05, 0) is 31.0 Å². The van der Waals surface area contributed by atoms with Crippen LogP contribution in [-0.2, 0) is 4.79 Å². The number of carboxylic acids is 2. The molecule has 2 N–H and O–H groups in total. The maximum Gasteiger partial charge on any atom is 0.335 e. The first-order valence-electron chi connectivity index (χ1n) is 7.55. The lowest BCUT2D eigenvalue weighted by Crippen LogP contribution is -2.39. The van der Waals surface area contributed by atoms with Gasteiger partial charge < -0.3 is 15.1 Å². The quantitative estimate of drug-likeness (QED) is 0.868. The highest BCUT2D eigenvalue weighted by Crippen LogP contribution is 2.23.